The summed E-state index contributed by atoms with van der Waals surface area (Å²) >= 11 is 5.92. The lowest BCUT2D eigenvalue weighted by Gasteiger charge is -2.36. The maximum absolute atomic E-state index is 12.6. The van der Waals surface area contributed by atoms with Gasteiger partial charge in [0.15, 0.2) is 0 Å². The average Bonchev–Trinajstić information content (AvgIpc) is 3.02. The van der Waals surface area contributed by atoms with Crippen LogP contribution >= 0.6 is 11.6 Å². The molecular formula is C33H33ClN4O3. The SMILES string of the molecule is COc1ccccc1N1CCN(Cc2ccc(C(=O)N/N=C\c3ccc(OCc4ccc(Cl)cc4)cc3)cc2)CC1. The number of nitrogens with zero attached hydrogens (tertiary/aromatic N) is 3. The number of piperazine rings is 1. The van der Waals surface area contributed by atoms with E-state index in [1.54, 1.807) is 13.3 Å². The summed E-state index contributed by atoms with van der Waals surface area (Å²) in [6.07, 6.45) is 1.61. The number of hydrogen-bond donors (Lipinski definition) is 1. The van der Waals surface area contributed by atoms with Crippen LogP contribution in [0.4, 0.5) is 5.69 Å². The number of anilines is 1. The molecule has 210 valence electrons. The number of hydrogen-bond acceptors (Lipinski definition) is 6. The molecule has 0 radical (unpaired) electrons. The lowest BCUT2D eigenvalue weighted by atomic mass is 10.1. The van der Waals surface area contributed by atoms with E-state index < -0.39 is 0 Å². The molecule has 0 spiro atoms. The van der Waals surface area contributed by atoms with Gasteiger partial charge in [0.25, 0.3) is 5.91 Å². The maximum Gasteiger partial charge on any atom is 0.271 e. The van der Waals surface area contributed by atoms with E-state index >= 15 is 0 Å². The third-order valence-electron chi connectivity index (χ3n) is 7.00. The van der Waals surface area contributed by atoms with Crippen molar-refractivity contribution in [1.29, 1.82) is 0 Å². The zero-order valence-corrected chi connectivity index (χ0v) is 23.8. The van der Waals surface area contributed by atoms with E-state index in [1.165, 1.54) is 5.56 Å². The molecule has 1 fully saturated rings. The maximum atomic E-state index is 12.6. The second-order valence-corrected chi connectivity index (χ2v) is 10.3. The van der Waals surface area contributed by atoms with Gasteiger partial charge in [-0.25, -0.2) is 5.43 Å². The molecule has 1 amide bonds. The van der Waals surface area contributed by atoms with Crippen molar-refractivity contribution >= 4 is 29.4 Å². The Hall–Kier alpha value is -4.33. The molecule has 0 unspecified atom stereocenters. The number of carbonyl (C=O) groups is 1. The Kier molecular flexibility index (Phi) is 9.52. The van der Waals surface area contributed by atoms with Crippen molar-refractivity contribution in [2.45, 2.75) is 13.2 Å². The highest BCUT2D eigenvalue weighted by atomic mass is 35.5. The molecule has 7 nitrogen and oxygen atoms in total. The predicted molar refractivity (Wildman–Crippen MR) is 164 cm³/mol. The average molecular weight is 569 g/mol. The van der Waals surface area contributed by atoms with Crippen LogP contribution < -0.4 is 19.8 Å². The number of nitrogens with one attached hydrogen (secondary N) is 1. The van der Waals surface area contributed by atoms with Crippen molar-refractivity contribution in [3.05, 3.63) is 124 Å². The Balaban J connectivity index is 1.05. The summed E-state index contributed by atoms with van der Waals surface area (Å²) in [7, 11) is 1.71. The van der Waals surface area contributed by atoms with E-state index in [9.17, 15) is 4.79 Å². The highest BCUT2D eigenvalue weighted by Crippen LogP contribution is 2.28. The van der Waals surface area contributed by atoms with Gasteiger partial charge in [0.1, 0.15) is 18.1 Å². The first-order valence-electron chi connectivity index (χ1n) is 13.6. The molecule has 4 aromatic carbocycles. The number of hydrazone groups is 1. The van der Waals surface area contributed by atoms with E-state index in [-0.39, 0.29) is 5.91 Å². The van der Waals surface area contributed by atoms with Crippen LogP contribution in [0.25, 0.3) is 0 Å². The normalized spacial score (nSPS) is 13.8. The third-order valence-corrected chi connectivity index (χ3v) is 7.25. The zero-order chi connectivity index (χ0) is 28.4. The van der Waals surface area contributed by atoms with E-state index in [2.05, 4.69) is 26.4 Å². The standard InChI is InChI=1S/C33H33ClN4O3/c1-40-32-5-3-2-4-31(32)38-20-18-37(19-21-38)23-26-6-12-28(13-7-26)33(39)36-35-22-25-10-16-30(17-11-25)41-24-27-8-14-29(34)15-9-27/h2-17,22H,18-21,23-24H2,1H3,(H,36,39)/b35-22-. The van der Waals surface area contributed by atoms with Gasteiger partial charge in [0, 0.05) is 43.3 Å². The molecule has 0 bridgehead atoms. The van der Waals surface area contributed by atoms with Crippen LogP contribution in [0.5, 0.6) is 11.5 Å². The molecular weight excluding hydrogens is 536 g/mol. The van der Waals surface area contributed by atoms with Crippen LogP contribution in [0.3, 0.4) is 0 Å². The number of benzene rings is 4. The van der Waals surface area contributed by atoms with Crippen molar-refractivity contribution in [1.82, 2.24) is 10.3 Å². The first-order chi connectivity index (χ1) is 20.1. The van der Waals surface area contributed by atoms with E-state index in [1.807, 2.05) is 91.0 Å². The molecule has 5 rings (SSSR count). The first kappa shape index (κ1) is 28.2. The van der Waals surface area contributed by atoms with Gasteiger partial charge in [-0.2, -0.15) is 5.10 Å². The fourth-order valence-corrected chi connectivity index (χ4v) is 4.81. The highest BCUT2D eigenvalue weighted by Gasteiger charge is 2.19. The summed E-state index contributed by atoms with van der Waals surface area (Å²) in [5, 5.41) is 4.81. The first-order valence-corrected chi connectivity index (χ1v) is 14.0. The lowest BCUT2D eigenvalue weighted by molar-refractivity contribution is 0.0955. The Morgan fingerprint density at radius 2 is 1.56 bits per heavy atom. The van der Waals surface area contributed by atoms with Crippen LogP contribution in [-0.2, 0) is 13.2 Å². The van der Waals surface area contributed by atoms with Crippen LogP contribution in [-0.4, -0.2) is 50.3 Å². The number of ether oxygens (including phenoxy) is 2. The molecule has 0 saturated carbocycles. The molecule has 1 saturated heterocycles. The molecule has 0 aliphatic carbocycles. The minimum atomic E-state index is -0.249. The quantitative estimate of drug-likeness (QED) is 0.187. The molecule has 4 aromatic rings. The fourth-order valence-electron chi connectivity index (χ4n) is 4.69. The van der Waals surface area contributed by atoms with Gasteiger partial charge in [-0.15, -0.1) is 0 Å². The van der Waals surface area contributed by atoms with Crippen molar-refractivity contribution < 1.29 is 14.3 Å². The number of carbonyl (C=O) groups excluding carboxylic acids is 1. The molecule has 1 aliphatic heterocycles. The summed E-state index contributed by atoms with van der Waals surface area (Å²) in [5.41, 5.74) is 7.38. The fraction of sp³-hybridized carbons (Fsp3) is 0.212. The summed E-state index contributed by atoms with van der Waals surface area (Å²) in [6.45, 7) is 5.12. The smallest absolute Gasteiger partial charge is 0.271 e. The second-order valence-electron chi connectivity index (χ2n) is 9.82. The number of amides is 1. The number of rotatable bonds is 10. The molecule has 1 aliphatic rings. The number of halogens is 1. The largest absolute Gasteiger partial charge is 0.495 e. The Labute approximate surface area is 246 Å². The summed E-state index contributed by atoms with van der Waals surface area (Å²) in [6, 6.07) is 30.9. The van der Waals surface area contributed by atoms with E-state index in [4.69, 9.17) is 21.1 Å². The van der Waals surface area contributed by atoms with Gasteiger partial charge >= 0.3 is 0 Å². The van der Waals surface area contributed by atoms with Gasteiger partial charge in [-0.05, 0) is 77.4 Å². The Morgan fingerprint density at radius 3 is 2.27 bits per heavy atom. The molecule has 0 atom stereocenters. The topological polar surface area (TPSA) is 66.4 Å². The lowest BCUT2D eigenvalue weighted by Crippen LogP contribution is -2.46. The minimum absolute atomic E-state index is 0.249. The molecule has 41 heavy (non-hydrogen) atoms. The van der Waals surface area contributed by atoms with Crippen LogP contribution in [0.1, 0.15) is 27.0 Å². The van der Waals surface area contributed by atoms with E-state index in [0.717, 1.165) is 61.0 Å². The van der Waals surface area contributed by atoms with Crippen molar-refractivity contribution in [2.24, 2.45) is 5.10 Å². The highest BCUT2D eigenvalue weighted by molar-refractivity contribution is 6.30. The predicted octanol–water partition coefficient (Wildman–Crippen LogP) is 6.01. The van der Waals surface area contributed by atoms with Crippen LogP contribution in [0, 0.1) is 0 Å². The molecule has 0 aromatic heterocycles. The van der Waals surface area contributed by atoms with Crippen molar-refractivity contribution in [3.8, 4) is 11.5 Å². The third kappa shape index (κ3) is 7.87. The summed E-state index contributed by atoms with van der Waals surface area (Å²) in [4.78, 5) is 17.4. The van der Waals surface area contributed by atoms with Gasteiger partial charge in [-0.1, -0.05) is 48.0 Å². The zero-order valence-electron chi connectivity index (χ0n) is 23.0. The van der Waals surface area contributed by atoms with Crippen LogP contribution in [0.2, 0.25) is 5.02 Å². The van der Waals surface area contributed by atoms with Crippen LogP contribution in [0.15, 0.2) is 102 Å². The monoisotopic (exact) mass is 568 g/mol. The van der Waals surface area contributed by atoms with Gasteiger partial charge < -0.3 is 14.4 Å². The van der Waals surface area contributed by atoms with E-state index in [0.29, 0.717) is 17.2 Å². The summed E-state index contributed by atoms with van der Waals surface area (Å²) in [5.74, 6) is 1.41. The Morgan fingerprint density at radius 1 is 0.878 bits per heavy atom. The second kappa shape index (κ2) is 13.8. The van der Waals surface area contributed by atoms with Crippen molar-refractivity contribution in [2.75, 3.05) is 38.2 Å². The summed E-state index contributed by atoms with van der Waals surface area (Å²) < 4.78 is 11.3. The Bertz CT molecular complexity index is 1450. The molecule has 8 heteroatoms. The molecule has 1 heterocycles. The minimum Gasteiger partial charge on any atom is -0.495 e. The number of methoxy groups -OCH3 is 1. The molecule has 1 N–H and O–H groups in total. The number of para-hydroxylation sites is 2. The van der Waals surface area contributed by atoms with Gasteiger partial charge in [0.2, 0.25) is 0 Å². The van der Waals surface area contributed by atoms with Gasteiger partial charge in [-0.3, -0.25) is 9.69 Å². The van der Waals surface area contributed by atoms with Gasteiger partial charge in [0.05, 0.1) is 19.0 Å². The van der Waals surface area contributed by atoms with Crippen molar-refractivity contribution in [3.63, 3.8) is 0 Å².